The van der Waals surface area contributed by atoms with E-state index in [9.17, 15) is 31.2 Å². The molecule has 2 amide bonds. The number of benzene rings is 3. The monoisotopic (exact) mass is 583 g/mol. The van der Waals surface area contributed by atoms with Gasteiger partial charge in [0.05, 0.1) is 22.7 Å². The molecule has 0 saturated heterocycles. The number of carbonyl (C=O) groups is 2. The van der Waals surface area contributed by atoms with Crippen LogP contribution in [0.25, 0.3) is 0 Å². The van der Waals surface area contributed by atoms with Gasteiger partial charge >= 0.3 is 6.18 Å². The zero-order chi connectivity index (χ0) is 26.5. The van der Waals surface area contributed by atoms with Crippen LogP contribution in [0.3, 0.4) is 0 Å². The summed E-state index contributed by atoms with van der Waals surface area (Å²) in [6.45, 7) is 0.788. The predicted molar refractivity (Wildman–Crippen MR) is 133 cm³/mol. The predicted octanol–water partition coefficient (Wildman–Crippen LogP) is 5.05. The van der Waals surface area contributed by atoms with Gasteiger partial charge in [-0.3, -0.25) is 13.9 Å². The molecule has 0 bridgehead atoms. The lowest BCUT2D eigenvalue weighted by molar-refractivity contribution is -0.137. The molecule has 0 unspecified atom stereocenters. The maximum atomic E-state index is 13.4. The number of alkyl halides is 3. The van der Waals surface area contributed by atoms with Gasteiger partial charge in [0.25, 0.3) is 15.9 Å². The van der Waals surface area contributed by atoms with Crippen molar-refractivity contribution in [1.82, 2.24) is 5.32 Å². The van der Waals surface area contributed by atoms with Crippen LogP contribution in [0.15, 0.2) is 82.2 Å². The molecule has 0 radical (unpaired) electrons. The molecule has 0 aliphatic rings. The molecule has 3 aromatic carbocycles. The molecular formula is C24H21BrF3N3O4S. The van der Waals surface area contributed by atoms with Gasteiger partial charge in [-0.1, -0.05) is 22.0 Å². The van der Waals surface area contributed by atoms with Crippen molar-refractivity contribution in [2.75, 3.05) is 22.7 Å². The number of rotatable bonds is 8. The number of hydrogen-bond donors (Lipinski definition) is 2. The lowest BCUT2D eigenvalue weighted by Crippen LogP contribution is -2.38. The van der Waals surface area contributed by atoms with E-state index >= 15 is 0 Å². The molecule has 3 aromatic rings. The average Bonchev–Trinajstić information content (AvgIpc) is 2.81. The highest BCUT2D eigenvalue weighted by molar-refractivity contribution is 9.10. The maximum absolute atomic E-state index is 13.4. The third kappa shape index (κ3) is 6.85. The standard InChI is InChI=1S/C24H21BrF3N3O4S/c1-16(32)30-20-9-11-22(12-10-20)36(34,35)31(21-4-2-3-18(15-21)24(26,27)28)14-13-29-23(33)17-5-7-19(25)8-6-17/h2-12,15H,13-14H2,1H3,(H,29,33)(H,30,32). The Labute approximate surface area is 214 Å². The van der Waals surface area contributed by atoms with E-state index in [0.29, 0.717) is 11.3 Å². The molecule has 12 heteroatoms. The average molecular weight is 584 g/mol. The number of hydrogen-bond acceptors (Lipinski definition) is 4. The molecule has 2 N–H and O–H groups in total. The molecule has 0 aliphatic heterocycles. The van der Waals surface area contributed by atoms with Crippen molar-refractivity contribution in [3.05, 3.63) is 88.4 Å². The first-order valence-electron chi connectivity index (χ1n) is 10.5. The quantitative estimate of drug-likeness (QED) is 0.388. The fourth-order valence-corrected chi connectivity index (χ4v) is 4.96. The number of nitrogens with one attached hydrogen (secondary N) is 2. The summed E-state index contributed by atoms with van der Waals surface area (Å²) in [5, 5.41) is 5.10. The van der Waals surface area contributed by atoms with Crippen LogP contribution in [0, 0.1) is 0 Å². The van der Waals surface area contributed by atoms with Crippen LogP contribution in [-0.4, -0.2) is 33.3 Å². The van der Waals surface area contributed by atoms with Crippen molar-refractivity contribution in [2.45, 2.75) is 18.0 Å². The molecule has 0 fully saturated rings. The second-order valence-electron chi connectivity index (χ2n) is 7.59. The summed E-state index contributed by atoms with van der Waals surface area (Å²) in [6.07, 6.45) is -4.68. The van der Waals surface area contributed by atoms with E-state index in [-0.39, 0.29) is 29.6 Å². The van der Waals surface area contributed by atoms with Crippen LogP contribution in [-0.2, 0) is 21.0 Å². The smallest absolute Gasteiger partial charge is 0.350 e. The minimum atomic E-state index is -4.68. The molecule has 0 spiro atoms. The minimum Gasteiger partial charge on any atom is -0.350 e. The molecule has 7 nitrogen and oxygen atoms in total. The second-order valence-corrected chi connectivity index (χ2v) is 10.4. The molecule has 3 rings (SSSR count). The van der Waals surface area contributed by atoms with Crippen LogP contribution >= 0.6 is 15.9 Å². The fraction of sp³-hybridized carbons (Fsp3) is 0.167. The van der Waals surface area contributed by atoms with Gasteiger partial charge in [-0.25, -0.2) is 8.42 Å². The molecule has 0 saturated carbocycles. The van der Waals surface area contributed by atoms with Gasteiger partial charge in [0.15, 0.2) is 0 Å². The van der Waals surface area contributed by atoms with E-state index < -0.39 is 27.7 Å². The van der Waals surface area contributed by atoms with Crippen LogP contribution < -0.4 is 14.9 Å². The highest BCUT2D eigenvalue weighted by Crippen LogP contribution is 2.33. The zero-order valence-corrected chi connectivity index (χ0v) is 21.2. The molecule has 190 valence electrons. The van der Waals surface area contributed by atoms with Gasteiger partial charge in [0.1, 0.15) is 0 Å². The Morgan fingerprint density at radius 2 is 1.61 bits per heavy atom. The van der Waals surface area contributed by atoms with Crippen LogP contribution in [0.1, 0.15) is 22.8 Å². The second kappa shape index (κ2) is 11.1. The lowest BCUT2D eigenvalue weighted by Gasteiger charge is -2.25. The summed E-state index contributed by atoms with van der Waals surface area (Å²) in [7, 11) is -4.33. The van der Waals surface area contributed by atoms with Gasteiger partial charge < -0.3 is 10.6 Å². The molecule has 0 atom stereocenters. The van der Waals surface area contributed by atoms with Crippen molar-refractivity contribution >= 4 is 49.1 Å². The molecule has 36 heavy (non-hydrogen) atoms. The van der Waals surface area contributed by atoms with Gasteiger partial charge in [-0.05, 0) is 66.7 Å². The summed E-state index contributed by atoms with van der Waals surface area (Å²) in [5.74, 6) is -0.818. The van der Waals surface area contributed by atoms with Gasteiger partial charge in [-0.2, -0.15) is 13.2 Å². The van der Waals surface area contributed by atoms with E-state index in [4.69, 9.17) is 0 Å². The molecule has 0 aromatic heterocycles. The Morgan fingerprint density at radius 3 is 2.19 bits per heavy atom. The normalized spacial score (nSPS) is 11.6. The maximum Gasteiger partial charge on any atom is 0.416 e. The number of amides is 2. The van der Waals surface area contributed by atoms with E-state index in [2.05, 4.69) is 26.6 Å². The first-order chi connectivity index (χ1) is 16.9. The summed E-state index contributed by atoms with van der Waals surface area (Å²) < 4.78 is 68.4. The highest BCUT2D eigenvalue weighted by atomic mass is 79.9. The lowest BCUT2D eigenvalue weighted by atomic mass is 10.2. The summed E-state index contributed by atoms with van der Waals surface area (Å²) >= 11 is 3.27. The number of sulfonamides is 1. The van der Waals surface area contributed by atoms with Gasteiger partial charge in [-0.15, -0.1) is 0 Å². The van der Waals surface area contributed by atoms with E-state index in [1.54, 1.807) is 24.3 Å². The Bertz CT molecular complexity index is 1350. The van der Waals surface area contributed by atoms with Crippen molar-refractivity contribution in [3.8, 4) is 0 Å². The van der Waals surface area contributed by atoms with Gasteiger partial charge in [0.2, 0.25) is 5.91 Å². The largest absolute Gasteiger partial charge is 0.416 e. The van der Waals surface area contributed by atoms with Crippen molar-refractivity contribution in [1.29, 1.82) is 0 Å². The number of anilines is 2. The third-order valence-corrected chi connectivity index (χ3v) is 7.30. The van der Waals surface area contributed by atoms with Gasteiger partial charge in [0, 0.05) is 29.2 Å². The first-order valence-corrected chi connectivity index (χ1v) is 12.7. The number of halogens is 4. The van der Waals surface area contributed by atoms with Crippen LogP contribution in [0.2, 0.25) is 0 Å². The van der Waals surface area contributed by atoms with E-state index in [1.165, 1.54) is 37.3 Å². The fourth-order valence-electron chi connectivity index (χ4n) is 3.24. The SMILES string of the molecule is CC(=O)Nc1ccc(S(=O)(=O)N(CCNC(=O)c2ccc(Br)cc2)c2cccc(C(F)(F)F)c2)cc1. The molecular weight excluding hydrogens is 563 g/mol. The molecule has 0 aliphatic carbocycles. The van der Waals surface area contributed by atoms with Crippen molar-refractivity contribution < 1.29 is 31.2 Å². The Morgan fingerprint density at radius 1 is 0.972 bits per heavy atom. The first kappa shape index (κ1) is 27.2. The number of nitrogens with zero attached hydrogens (tertiary/aromatic N) is 1. The molecule has 0 heterocycles. The van der Waals surface area contributed by atoms with Crippen LogP contribution in [0.5, 0.6) is 0 Å². The minimum absolute atomic E-state index is 0.172. The highest BCUT2D eigenvalue weighted by Gasteiger charge is 2.32. The van der Waals surface area contributed by atoms with E-state index in [0.717, 1.165) is 27.0 Å². The van der Waals surface area contributed by atoms with Crippen LogP contribution in [0.4, 0.5) is 24.5 Å². The Hall–Kier alpha value is -3.38. The van der Waals surface area contributed by atoms with E-state index in [1.807, 2.05) is 0 Å². The Balaban J connectivity index is 1.90. The summed E-state index contributed by atoms with van der Waals surface area (Å²) in [4.78, 5) is 23.5. The zero-order valence-electron chi connectivity index (χ0n) is 18.8. The van der Waals surface area contributed by atoms with Crippen molar-refractivity contribution in [3.63, 3.8) is 0 Å². The Kier molecular flexibility index (Phi) is 8.41. The number of carbonyl (C=O) groups excluding carboxylic acids is 2. The topological polar surface area (TPSA) is 95.6 Å². The van der Waals surface area contributed by atoms with Crippen molar-refractivity contribution in [2.24, 2.45) is 0 Å². The summed E-state index contributed by atoms with van der Waals surface area (Å²) in [5.41, 5.74) is -0.539. The third-order valence-electron chi connectivity index (χ3n) is 4.93. The summed E-state index contributed by atoms with van der Waals surface area (Å²) in [6, 6.07) is 15.6.